The molecule has 8 heteroatoms. The second-order valence-electron chi connectivity index (χ2n) is 4.64. The maximum absolute atomic E-state index is 11.6. The standard InChI is InChI=1S/C13H13BN2O5/c15-6-2-5-11(17)16-10-7-8-3-1-4-9(13(18)19)12(8)21-14(10)20/h1,3-4,10,20H,2,5,7H2,(H,16,17)(H,18,19). The van der Waals surface area contributed by atoms with Gasteiger partial charge in [0.15, 0.2) is 0 Å². The third kappa shape index (κ3) is 3.33. The Morgan fingerprint density at radius 3 is 2.95 bits per heavy atom. The van der Waals surface area contributed by atoms with Gasteiger partial charge in [-0.2, -0.15) is 5.26 Å². The average molecular weight is 288 g/mol. The summed E-state index contributed by atoms with van der Waals surface area (Å²) in [4.78, 5) is 22.7. The number of carbonyl (C=O) groups excluding carboxylic acids is 1. The minimum atomic E-state index is -1.33. The molecule has 0 radical (unpaired) electrons. The van der Waals surface area contributed by atoms with E-state index >= 15 is 0 Å². The molecule has 108 valence electrons. The molecule has 0 bridgehead atoms. The molecule has 1 aromatic rings. The molecule has 1 atom stereocenters. The number of nitrogens with zero attached hydrogens (tertiary/aromatic N) is 1. The first-order valence-electron chi connectivity index (χ1n) is 6.39. The van der Waals surface area contributed by atoms with Crippen LogP contribution in [0.1, 0.15) is 28.8 Å². The molecule has 1 aliphatic heterocycles. The van der Waals surface area contributed by atoms with E-state index in [-0.39, 0.29) is 36.5 Å². The van der Waals surface area contributed by atoms with E-state index in [1.807, 2.05) is 6.07 Å². The van der Waals surface area contributed by atoms with Gasteiger partial charge in [0.25, 0.3) is 0 Å². The van der Waals surface area contributed by atoms with Gasteiger partial charge >= 0.3 is 13.1 Å². The number of fused-ring (bicyclic) bond motifs is 1. The SMILES string of the molecule is N#CCCC(=O)NC1Cc2cccc(C(=O)O)c2OB1O. The fourth-order valence-electron chi connectivity index (χ4n) is 2.16. The van der Waals surface area contributed by atoms with Gasteiger partial charge in [0.2, 0.25) is 5.91 Å². The minimum Gasteiger partial charge on any atom is -0.534 e. The van der Waals surface area contributed by atoms with E-state index in [0.29, 0.717) is 5.56 Å². The number of hydrogen-bond acceptors (Lipinski definition) is 5. The first-order chi connectivity index (χ1) is 10.0. The number of nitrogens with one attached hydrogen (secondary N) is 1. The molecule has 3 N–H and O–H groups in total. The van der Waals surface area contributed by atoms with Crippen molar-refractivity contribution in [1.82, 2.24) is 5.32 Å². The van der Waals surface area contributed by atoms with E-state index in [9.17, 15) is 14.6 Å². The van der Waals surface area contributed by atoms with Gasteiger partial charge < -0.3 is 20.1 Å². The van der Waals surface area contributed by atoms with Crippen LogP contribution >= 0.6 is 0 Å². The van der Waals surface area contributed by atoms with Crippen molar-refractivity contribution in [1.29, 1.82) is 5.26 Å². The normalized spacial score (nSPS) is 16.4. The van der Waals surface area contributed by atoms with Crippen molar-refractivity contribution < 1.29 is 24.4 Å². The Labute approximate surface area is 121 Å². The first-order valence-corrected chi connectivity index (χ1v) is 6.39. The number of amides is 1. The Balaban J connectivity index is 2.14. The van der Waals surface area contributed by atoms with E-state index in [0.717, 1.165) is 0 Å². The van der Waals surface area contributed by atoms with Crippen LogP contribution in [0.5, 0.6) is 5.75 Å². The van der Waals surface area contributed by atoms with Crippen molar-refractivity contribution in [2.75, 3.05) is 0 Å². The van der Waals surface area contributed by atoms with E-state index < -0.39 is 19.0 Å². The smallest absolute Gasteiger partial charge is 0.534 e. The predicted molar refractivity (Wildman–Crippen MR) is 72.5 cm³/mol. The van der Waals surface area contributed by atoms with E-state index in [2.05, 4.69) is 5.32 Å². The number of benzene rings is 1. The number of nitriles is 1. The van der Waals surface area contributed by atoms with Crippen molar-refractivity contribution >= 4 is 19.0 Å². The second-order valence-corrected chi connectivity index (χ2v) is 4.64. The maximum Gasteiger partial charge on any atom is 0.547 e. The van der Waals surface area contributed by atoms with Crippen molar-refractivity contribution in [2.45, 2.75) is 25.2 Å². The number of carbonyl (C=O) groups is 2. The lowest BCUT2D eigenvalue weighted by Gasteiger charge is -2.28. The summed E-state index contributed by atoms with van der Waals surface area (Å²) in [7, 11) is -1.33. The highest BCUT2D eigenvalue weighted by molar-refractivity contribution is 6.47. The Hall–Kier alpha value is -2.53. The molecule has 7 nitrogen and oxygen atoms in total. The van der Waals surface area contributed by atoms with E-state index in [4.69, 9.17) is 15.0 Å². The zero-order valence-electron chi connectivity index (χ0n) is 11.1. The largest absolute Gasteiger partial charge is 0.547 e. The third-order valence-corrected chi connectivity index (χ3v) is 3.16. The van der Waals surface area contributed by atoms with Gasteiger partial charge in [0.05, 0.1) is 17.6 Å². The Morgan fingerprint density at radius 2 is 2.29 bits per heavy atom. The van der Waals surface area contributed by atoms with Gasteiger partial charge in [-0.15, -0.1) is 0 Å². The monoisotopic (exact) mass is 288 g/mol. The molecule has 1 aliphatic rings. The van der Waals surface area contributed by atoms with Crippen LogP contribution in [-0.2, 0) is 11.2 Å². The topological polar surface area (TPSA) is 120 Å². The van der Waals surface area contributed by atoms with Crippen LogP contribution in [-0.4, -0.2) is 35.1 Å². The van der Waals surface area contributed by atoms with Gasteiger partial charge in [-0.3, -0.25) is 4.79 Å². The zero-order chi connectivity index (χ0) is 15.4. The summed E-state index contributed by atoms with van der Waals surface area (Å²) in [5, 5.41) is 30.0. The molecule has 0 saturated carbocycles. The Morgan fingerprint density at radius 1 is 1.52 bits per heavy atom. The summed E-state index contributed by atoms with van der Waals surface area (Å²) in [5.41, 5.74) is 0.576. The number of carboxylic acids is 1. The average Bonchev–Trinajstić information content (AvgIpc) is 2.45. The number of carboxylic acid groups (broad SMARTS) is 1. The molecule has 21 heavy (non-hydrogen) atoms. The summed E-state index contributed by atoms with van der Waals surface area (Å²) < 4.78 is 5.24. The highest BCUT2D eigenvalue weighted by atomic mass is 16.5. The second kappa shape index (κ2) is 6.28. The number of hydrogen-bond donors (Lipinski definition) is 3. The summed E-state index contributed by atoms with van der Waals surface area (Å²) >= 11 is 0. The van der Waals surface area contributed by atoms with Crippen LogP contribution in [0.25, 0.3) is 0 Å². The summed E-state index contributed by atoms with van der Waals surface area (Å²) in [6, 6.07) is 6.52. The zero-order valence-corrected chi connectivity index (χ0v) is 11.1. The lowest BCUT2D eigenvalue weighted by atomic mass is 9.72. The van der Waals surface area contributed by atoms with Crippen LogP contribution < -0.4 is 9.97 Å². The van der Waals surface area contributed by atoms with Crippen LogP contribution in [0.2, 0.25) is 0 Å². The van der Waals surface area contributed by atoms with Gasteiger partial charge in [0.1, 0.15) is 5.75 Å². The van der Waals surface area contributed by atoms with Crippen molar-refractivity contribution in [2.24, 2.45) is 0 Å². The summed E-state index contributed by atoms with van der Waals surface area (Å²) in [5.74, 6) is -2.05. The van der Waals surface area contributed by atoms with Gasteiger partial charge in [0, 0.05) is 12.8 Å². The highest BCUT2D eigenvalue weighted by Gasteiger charge is 2.37. The number of aromatic carboxylic acids is 1. The van der Waals surface area contributed by atoms with Crippen molar-refractivity contribution in [3.63, 3.8) is 0 Å². The number of rotatable bonds is 4. The maximum atomic E-state index is 11.6. The molecule has 0 aliphatic carbocycles. The molecule has 0 fully saturated rings. The van der Waals surface area contributed by atoms with Gasteiger partial charge in [-0.1, -0.05) is 12.1 Å². The third-order valence-electron chi connectivity index (χ3n) is 3.16. The fourth-order valence-corrected chi connectivity index (χ4v) is 2.16. The van der Waals surface area contributed by atoms with Gasteiger partial charge in [-0.25, -0.2) is 4.79 Å². The van der Waals surface area contributed by atoms with E-state index in [1.54, 1.807) is 12.1 Å². The molecule has 0 aromatic heterocycles. The van der Waals surface area contributed by atoms with Gasteiger partial charge in [-0.05, 0) is 18.1 Å². The van der Waals surface area contributed by atoms with Crippen LogP contribution in [0.4, 0.5) is 0 Å². The summed E-state index contributed by atoms with van der Waals surface area (Å²) in [6.07, 6.45) is 0.396. The molecule has 2 rings (SSSR count). The first kappa shape index (κ1) is 14.9. The minimum absolute atomic E-state index is 0.0270. The lowest BCUT2D eigenvalue weighted by Crippen LogP contribution is -2.53. The fraction of sp³-hybridized carbons (Fsp3) is 0.308. The highest BCUT2D eigenvalue weighted by Crippen LogP contribution is 2.30. The lowest BCUT2D eigenvalue weighted by molar-refractivity contribution is -0.121. The Kier molecular flexibility index (Phi) is 4.45. The molecule has 0 spiro atoms. The summed E-state index contributed by atoms with van der Waals surface area (Å²) in [6.45, 7) is 0. The van der Waals surface area contributed by atoms with Crippen LogP contribution in [0.3, 0.4) is 0 Å². The molecule has 1 unspecified atom stereocenters. The molecule has 1 heterocycles. The predicted octanol–water partition coefficient (Wildman–Crippen LogP) is 0.128. The van der Waals surface area contributed by atoms with E-state index in [1.165, 1.54) is 6.07 Å². The van der Waals surface area contributed by atoms with Crippen molar-refractivity contribution in [3.05, 3.63) is 29.3 Å². The molecule has 0 saturated heterocycles. The van der Waals surface area contributed by atoms with Crippen molar-refractivity contribution in [3.8, 4) is 11.8 Å². The quantitative estimate of drug-likeness (QED) is 0.677. The number of para-hydroxylation sites is 1. The Bertz CT molecular complexity index is 613. The van der Waals surface area contributed by atoms with Crippen LogP contribution in [0.15, 0.2) is 18.2 Å². The molecule has 1 aromatic carbocycles. The van der Waals surface area contributed by atoms with Crippen LogP contribution in [0, 0.1) is 11.3 Å². The molecular weight excluding hydrogens is 275 g/mol. The molecule has 1 amide bonds. The molecular formula is C13H13BN2O5.